The van der Waals surface area contributed by atoms with Gasteiger partial charge in [-0.15, -0.1) is 0 Å². The largest absolute Gasteiger partial charge is 0.544 e. The van der Waals surface area contributed by atoms with Crippen LogP contribution in [0.4, 0.5) is 0 Å². The van der Waals surface area contributed by atoms with E-state index < -0.39 is 18.1 Å². The van der Waals surface area contributed by atoms with E-state index in [1.807, 2.05) is 21.1 Å². The minimum absolute atomic E-state index is 0.0451. The number of nitrogens with zero attached hydrogens (tertiary/aromatic N) is 1. The Morgan fingerprint density at radius 1 is 0.448 bits per heavy atom. The second-order valence-electron chi connectivity index (χ2n) is 20.9. The molecule has 8 nitrogen and oxygen atoms in total. The molecule has 0 aliphatic carbocycles. The van der Waals surface area contributed by atoms with Crippen LogP contribution in [-0.4, -0.2) is 75.5 Å². The van der Waals surface area contributed by atoms with Crippen molar-refractivity contribution in [2.24, 2.45) is 0 Å². The molecule has 0 aliphatic rings. The zero-order valence-corrected chi connectivity index (χ0v) is 45.1. The van der Waals surface area contributed by atoms with Crippen LogP contribution in [0.2, 0.25) is 0 Å². The van der Waals surface area contributed by atoms with Crippen molar-refractivity contribution in [2.75, 3.05) is 41.0 Å². The first-order chi connectivity index (χ1) is 32.6. The van der Waals surface area contributed by atoms with Gasteiger partial charge >= 0.3 is 11.9 Å². The topological polar surface area (TPSA) is 102 Å². The fourth-order valence-electron chi connectivity index (χ4n) is 8.87. The van der Waals surface area contributed by atoms with Gasteiger partial charge in [0.1, 0.15) is 12.6 Å². The third-order valence-corrected chi connectivity index (χ3v) is 13.3. The van der Waals surface area contributed by atoms with Gasteiger partial charge in [0.2, 0.25) is 0 Å². The van der Waals surface area contributed by atoms with Crippen LogP contribution in [0.3, 0.4) is 0 Å². The van der Waals surface area contributed by atoms with Crippen LogP contribution in [0.15, 0.2) is 24.3 Å². The summed E-state index contributed by atoms with van der Waals surface area (Å²) >= 11 is 0. The van der Waals surface area contributed by atoms with Crippen molar-refractivity contribution in [3.63, 3.8) is 0 Å². The summed E-state index contributed by atoms with van der Waals surface area (Å²) in [6.07, 6.45) is 59.3. The van der Waals surface area contributed by atoms with Gasteiger partial charge < -0.3 is 28.6 Å². The number of carboxylic acid groups (broad SMARTS) is 1. The van der Waals surface area contributed by atoms with E-state index in [4.69, 9.17) is 14.2 Å². The smallest absolute Gasteiger partial charge is 0.306 e. The third kappa shape index (κ3) is 48.6. The maximum absolute atomic E-state index is 12.8. The molecule has 0 rings (SSSR count). The van der Waals surface area contributed by atoms with Crippen molar-refractivity contribution in [3.05, 3.63) is 24.3 Å². The predicted octanol–water partition coefficient (Wildman–Crippen LogP) is 15.8. The molecule has 0 spiro atoms. The summed E-state index contributed by atoms with van der Waals surface area (Å²) in [6, 6.07) is -0.724. The van der Waals surface area contributed by atoms with E-state index in [0.29, 0.717) is 12.8 Å². The molecule has 2 unspecified atom stereocenters. The molecule has 0 saturated carbocycles. The van der Waals surface area contributed by atoms with Gasteiger partial charge in [-0.3, -0.25) is 9.59 Å². The Hall–Kier alpha value is -2.19. The van der Waals surface area contributed by atoms with Gasteiger partial charge in [-0.2, -0.15) is 0 Å². The average molecular weight is 947 g/mol. The van der Waals surface area contributed by atoms with Gasteiger partial charge in [-0.05, 0) is 44.9 Å². The molecule has 2 atom stereocenters. The van der Waals surface area contributed by atoms with Gasteiger partial charge in [0, 0.05) is 19.3 Å². The molecule has 0 aromatic heterocycles. The molecule has 0 aliphatic heterocycles. The number of carbonyl (C=O) groups excluding carboxylic acids is 3. The lowest BCUT2D eigenvalue weighted by atomic mass is 10.0. The van der Waals surface area contributed by atoms with Gasteiger partial charge in [0.15, 0.2) is 6.10 Å². The fraction of sp³-hybridized carbons (Fsp3) is 0.881. The SMILES string of the molecule is CCCCCCC/C=C\C/C=C\CCCCCCCCCCCCCC(=O)OC(COCCC(C(=O)[O-])[N+](C)(C)C)COC(=O)CCCCCCCCCCCCCCCCCCCCCC. The lowest BCUT2D eigenvalue weighted by Gasteiger charge is -2.34. The molecule has 0 fully saturated rings. The van der Waals surface area contributed by atoms with Crippen molar-refractivity contribution >= 4 is 17.9 Å². The second kappa shape index (κ2) is 50.2. The number of esters is 2. The van der Waals surface area contributed by atoms with Crippen LogP contribution in [0, 0.1) is 0 Å². The van der Waals surface area contributed by atoms with Crippen LogP contribution in [0.5, 0.6) is 0 Å². The lowest BCUT2D eigenvalue weighted by molar-refractivity contribution is -0.889. The van der Waals surface area contributed by atoms with Gasteiger partial charge in [-0.25, -0.2) is 0 Å². The first kappa shape index (κ1) is 64.8. The van der Waals surface area contributed by atoms with Crippen molar-refractivity contribution < 1.29 is 38.2 Å². The molecule has 0 aromatic carbocycles. The number of unbranched alkanes of at least 4 members (excludes halogenated alkanes) is 35. The summed E-state index contributed by atoms with van der Waals surface area (Å²) in [5.74, 6) is -1.71. The number of rotatable bonds is 53. The zero-order valence-electron chi connectivity index (χ0n) is 45.1. The van der Waals surface area contributed by atoms with E-state index in [1.165, 1.54) is 205 Å². The Morgan fingerprint density at radius 2 is 0.791 bits per heavy atom. The van der Waals surface area contributed by atoms with Crippen molar-refractivity contribution in [2.45, 2.75) is 296 Å². The summed E-state index contributed by atoms with van der Waals surface area (Å²) in [7, 11) is 5.43. The zero-order chi connectivity index (χ0) is 49.2. The number of carbonyl (C=O) groups is 3. The monoisotopic (exact) mass is 946 g/mol. The molecule has 67 heavy (non-hydrogen) atoms. The van der Waals surface area contributed by atoms with Gasteiger partial charge in [0.05, 0.1) is 40.3 Å². The predicted molar refractivity (Wildman–Crippen MR) is 282 cm³/mol. The van der Waals surface area contributed by atoms with E-state index >= 15 is 0 Å². The molecule has 0 heterocycles. The summed E-state index contributed by atoms with van der Waals surface area (Å²) < 4.78 is 17.3. The van der Waals surface area contributed by atoms with E-state index in [2.05, 4.69) is 38.2 Å². The second-order valence-corrected chi connectivity index (χ2v) is 20.9. The molecule has 394 valence electrons. The number of likely N-dealkylation sites (N-methyl/N-ethyl adjacent to an activating group) is 1. The molecule has 0 bridgehead atoms. The van der Waals surface area contributed by atoms with Crippen LogP contribution < -0.4 is 5.11 Å². The van der Waals surface area contributed by atoms with Crippen molar-refractivity contribution in [1.82, 2.24) is 0 Å². The highest BCUT2D eigenvalue weighted by Gasteiger charge is 2.25. The number of carboxylic acids is 1. The first-order valence-corrected chi connectivity index (χ1v) is 28.9. The Morgan fingerprint density at radius 3 is 1.15 bits per heavy atom. The van der Waals surface area contributed by atoms with E-state index in [9.17, 15) is 19.5 Å². The number of quaternary nitrogens is 1. The van der Waals surface area contributed by atoms with Crippen LogP contribution in [-0.2, 0) is 28.6 Å². The molecule has 0 N–H and O–H groups in total. The Labute approximate surface area is 415 Å². The molecule has 0 amide bonds. The summed E-state index contributed by atoms with van der Waals surface area (Å²) in [4.78, 5) is 37.2. The fourth-order valence-corrected chi connectivity index (χ4v) is 8.87. The lowest BCUT2D eigenvalue weighted by Crippen LogP contribution is -2.55. The maximum Gasteiger partial charge on any atom is 0.306 e. The molecule has 8 heteroatoms. The summed E-state index contributed by atoms with van der Waals surface area (Å²) in [5.41, 5.74) is 0. The molecular formula is C59H111NO7. The Balaban J connectivity index is 4.14. The van der Waals surface area contributed by atoms with Crippen LogP contribution in [0.1, 0.15) is 284 Å². The molecule has 0 aromatic rings. The number of hydrogen-bond acceptors (Lipinski definition) is 7. The molecular weight excluding hydrogens is 835 g/mol. The average Bonchev–Trinajstić information content (AvgIpc) is 3.29. The highest BCUT2D eigenvalue weighted by Crippen LogP contribution is 2.17. The molecule has 0 saturated heterocycles. The summed E-state index contributed by atoms with van der Waals surface area (Å²) in [6.45, 7) is 4.71. The normalized spacial score (nSPS) is 12.9. The Kier molecular flexibility index (Phi) is 48.6. The van der Waals surface area contributed by atoms with Crippen molar-refractivity contribution in [3.8, 4) is 0 Å². The van der Waals surface area contributed by atoms with Gasteiger partial charge in [-0.1, -0.05) is 244 Å². The number of aliphatic carboxylic acids is 1. The van der Waals surface area contributed by atoms with E-state index in [-0.39, 0.29) is 42.7 Å². The Bertz CT molecular complexity index is 1150. The van der Waals surface area contributed by atoms with E-state index in [0.717, 1.165) is 44.9 Å². The standard InChI is InChI=1S/C59H111NO7/c1-6-8-10-12-14-16-18-20-22-24-26-28-29-30-32-34-36-38-40-42-44-46-48-50-58(62)67-55(53-65-52-51-56(59(63)64)60(3,4)5)54-66-57(61)49-47-45-43-41-39-37-35-33-31-27-25-23-21-19-17-15-13-11-9-7-2/h18,20,24,26,55-56H,6-17,19,21-23,25,27-54H2,1-5H3/b20-18-,26-24-. The number of hydrogen-bond donors (Lipinski definition) is 0. The van der Waals surface area contributed by atoms with Crippen LogP contribution in [0.25, 0.3) is 0 Å². The highest BCUT2D eigenvalue weighted by molar-refractivity contribution is 5.70. The first-order valence-electron chi connectivity index (χ1n) is 28.9. The minimum atomic E-state index is -1.12. The number of allylic oxidation sites excluding steroid dienone is 4. The molecule has 0 radical (unpaired) electrons. The maximum atomic E-state index is 12.8. The van der Waals surface area contributed by atoms with E-state index in [1.54, 1.807) is 0 Å². The van der Waals surface area contributed by atoms with Crippen molar-refractivity contribution in [1.29, 1.82) is 0 Å². The number of ether oxygens (including phenoxy) is 3. The highest BCUT2D eigenvalue weighted by atomic mass is 16.6. The minimum Gasteiger partial charge on any atom is -0.544 e. The quantitative estimate of drug-likeness (QED) is 0.0259. The summed E-state index contributed by atoms with van der Waals surface area (Å²) in [5, 5.41) is 11.7. The third-order valence-electron chi connectivity index (χ3n) is 13.3. The van der Waals surface area contributed by atoms with Gasteiger partial charge in [0.25, 0.3) is 0 Å². The van der Waals surface area contributed by atoms with Crippen LogP contribution >= 0.6 is 0 Å².